The van der Waals surface area contributed by atoms with E-state index in [1.54, 1.807) is 12.5 Å². The normalized spacial score (nSPS) is 22.6. The molecule has 3 aliphatic rings. The molecular formula is C21H26N6O. The van der Waals surface area contributed by atoms with Crippen molar-refractivity contribution in [3.63, 3.8) is 0 Å². The number of carbonyl (C=O) groups excluding carboxylic acids is 1. The van der Waals surface area contributed by atoms with Crippen molar-refractivity contribution in [2.75, 3.05) is 36.0 Å². The smallest absolute Gasteiger partial charge is 0.226 e. The minimum Gasteiger partial charge on any atom is -0.356 e. The van der Waals surface area contributed by atoms with Crippen LogP contribution in [-0.2, 0) is 11.3 Å². The molecule has 0 unspecified atom stereocenters. The lowest BCUT2D eigenvalue weighted by Crippen LogP contribution is -2.45. The van der Waals surface area contributed by atoms with E-state index in [9.17, 15) is 4.79 Å². The maximum absolute atomic E-state index is 13.4. The molecular weight excluding hydrogens is 352 g/mol. The van der Waals surface area contributed by atoms with Gasteiger partial charge in [0, 0.05) is 62.6 Å². The molecule has 7 heteroatoms. The minimum absolute atomic E-state index is 0.103. The Kier molecular flexibility index (Phi) is 4.58. The molecule has 5 rings (SSSR count). The molecule has 0 N–H and O–H groups in total. The number of hydrogen-bond donors (Lipinski definition) is 0. The fourth-order valence-electron chi connectivity index (χ4n) is 4.89. The van der Waals surface area contributed by atoms with Crippen LogP contribution in [-0.4, -0.2) is 58.0 Å². The standard InChI is InChI=1S/C21H26N6O/c28-21(16-6-11-25(12-7-16)19-5-9-22-15-24-19)26-13-17-3-1-8-23-20(17)27-10-2-4-18(27)14-26/h1,3,5,8-9,15-16,18H,2,4,6-7,10-14H2/t18-/m1/s1. The molecule has 0 aromatic carbocycles. The molecule has 0 bridgehead atoms. The minimum atomic E-state index is 0.103. The van der Waals surface area contributed by atoms with Gasteiger partial charge >= 0.3 is 0 Å². The van der Waals surface area contributed by atoms with Crippen molar-refractivity contribution in [3.05, 3.63) is 42.5 Å². The summed E-state index contributed by atoms with van der Waals surface area (Å²) >= 11 is 0. The van der Waals surface area contributed by atoms with Gasteiger partial charge in [0.2, 0.25) is 5.91 Å². The highest BCUT2D eigenvalue weighted by Crippen LogP contribution is 2.33. The highest BCUT2D eigenvalue weighted by Gasteiger charge is 2.36. The van der Waals surface area contributed by atoms with Crippen molar-refractivity contribution in [3.8, 4) is 0 Å². The van der Waals surface area contributed by atoms with Crippen LogP contribution in [0.25, 0.3) is 0 Å². The van der Waals surface area contributed by atoms with Crippen LogP contribution in [0.15, 0.2) is 36.9 Å². The maximum atomic E-state index is 13.4. The molecule has 1 amide bonds. The van der Waals surface area contributed by atoms with Gasteiger partial charge < -0.3 is 14.7 Å². The Morgan fingerprint density at radius 3 is 2.75 bits per heavy atom. The van der Waals surface area contributed by atoms with Crippen LogP contribution in [0.4, 0.5) is 11.6 Å². The third kappa shape index (κ3) is 3.19. The van der Waals surface area contributed by atoms with Gasteiger partial charge in [0.25, 0.3) is 0 Å². The Balaban J connectivity index is 1.29. The van der Waals surface area contributed by atoms with Crippen LogP contribution in [0.1, 0.15) is 31.2 Å². The van der Waals surface area contributed by atoms with Crippen LogP contribution in [0, 0.1) is 5.92 Å². The second-order valence-corrected chi connectivity index (χ2v) is 8.02. The quantitative estimate of drug-likeness (QED) is 0.797. The van der Waals surface area contributed by atoms with Crippen LogP contribution in [0.5, 0.6) is 0 Å². The number of nitrogens with zero attached hydrogens (tertiary/aromatic N) is 6. The van der Waals surface area contributed by atoms with E-state index >= 15 is 0 Å². The fourth-order valence-corrected chi connectivity index (χ4v) is 4.89. The zero-order valence-corrected chi connectivity index (χ0v) is 16.1. The number of pyridine rings is 1. The molecule has 2 aromatic rings. The van der Waals surface area contributed by atoms with Crippen LogP contribution < -0.4 is 9.80 Å². The summed E-state index contributed by atoms with van der Waals surface area (Å²) < 4.78 is 0. The van der Waals surface area contributed by atoms with E-state index in [1.165, 1.54) is 12.0 Å². The molecule has 0 aliphatic carbocycles. The molecule has 7 nitrogen and oxygen atoms in total. The van der Waals surface area contributed by atoms with Gasteiger partial charge in [-0.05, 0) is 37.8 Å². The monoisotopic (exact) mass is 378 g/mol. The summed E-state index contributed by atoms with van der Waals surface area (Å²) in [6.45, 7) is 4.29. The predicted octanol–water partition coefficient (Wildman–Crippen LogP) is 2.10. The van der Waals surface area contributed by atoms with E-state index < -0.39 is 0 Å². The van der Waals surface area contributed by atoms with Gasteiger partial charge in [-0.25, -0.2) is 15.0 Å². The third-order valence-corrected chi connectivity index (χ3v) is 6.36. The van der Waals surface area contributed by atoms with Crippen molar-refractivity contribution < 1.29 is 4.79 Å². The predicted molar refractivity (Wildman–Crippen MR) is 107 cm³/mol. The highest BCUT2D eigenvalue weighted by atomic mass is 16.2. The van der Waals surface area contributed by atoms with Gasteiger partial charge in [0.05, 0.1) is 0 Å². The van der Waals surface area contributed by atoms with E-state index in [0.29, 0.717) is 18.5 Å². The highest BCUT2D eigenvalue weighted by molar-refractivity contribution is 5.80. The van der Waals surface area contributed by atoms with Crippen molar-refractivity contribution in [2.45, 2.75) is 38.3 Å². The lowest BCUT2D eigenvalue weighted by atomic mass is 9.94. The summed E-state index contributed by atoms with van der Waals surface area (Å²) in [6.07, 6.45) is 9.32. The Bertz CT molecular complexity index is 836. The van der Waals surface area contributed by atoms with Gasteiger partial charge in [0.1, 0.15) is 18.0 Å². The van der Waals surface area contributed by atoms with Gasteiger partial charge in [-0.1, -0.05) is 6.07 Å². The number of amides is 1. The van der Waals surface area contributed by atoms with Gasteiger partial charge in [-0.3, -0.25) is 4.79 Å². The summed E-state index contributed by atoms with van der Waals surface area (Å²) in [6, 6.07) is 6.45. The first kappa shape index (κ1) is 17.4. The topological polar surface area (TPSA) is 65.5 Å². The molecule has 2 aromatic heterocycles. The molecule has 5 heterocycles. The number of carbonyl (C=O) groups is 1. The molecule has 0 radical (unpaired) electrons. The second kappa shape index (κ2) is 7.37. The lowest BCUT2D eigenvalue weighted by molar-refractivity contribution is -0.137. The summed E-state index contributed by atoms with van der Waals surface area (Å²) in [5, 5.41) is 0. The molecule has 3 aliphatic heterocycles. The summed E-state index contributed by atoms with van der Waals surface area (Å²) in [4.78, 5) is 33.1. The lowest BCUT2D eigenvalue weighted by Gasteiger charge is -2.35. The molecule has 2 saturated heterocycles. The number of fused-ring (bicyclic) bond motifs is 3. The van der Waals surface area contributed by atoms with E-state index in [-0.39, 0.29) is 5.92 Å². The van der Waals surface area contributed by atoms with Crippen molar-refractivity contribution in [1.29, 1.82) is 0 Å². The fraction of sp³-hybridized carbons (Fsp3) is 0.524. The Hall–Kier alpha value is -2.70. The molecule has 28 heavy (non-hydrogen) atoms. The van der Waals surface area contributed by atoms with E-state index in [0.717, 1.165) is 57.1 Å². The number of rotatable bonds is 2. The van der Waals surface area contributed by atoms with E-state index in [2.05, 4.69) is 35.7 Å². The van der Waals surface area contributed by atoms with Crippen molar-refractivity contribution in [1.82, 2.24) is 19.9 Å². The average Bonchev–Trinajstić information content (AvgIpc) is 3.16. The zero-order valence-electron chi connectivity index (χ0n) is 16.1. The number of piperidine rings is 1. The third-order valence-electron chi connectivity index (χ3n) is 6.36. The van der Waals surface area contributed by atoms with Crippen molar-refractivity contribution in [2.24, 2.45) is 5.92 Å². The first-order valence-corrected chi connectivity index (χ1v) is 10.3. The van der Waals surface area contributed by atoms with E-state index in [4.69, 9.17) is 0 Å². The molecule has 0 spiro atoms. The van der Waals surface area contributed by atoms with Crippen LogP contribution >= 0.6 is 0 Å². The second-order valence-electron chi connectivity index (χ2n) is 8.02. The van der Waals surface area contributed by atoms with E-state index in [1.807, 2.05) is 18.3 Å². The number of hydrogen-bond acceptors (Lipinski definition) is 6. The first-order valence-electron chi connectivity index (χ1n) is 10.3. The molecule has 0 saturated carbocycles. The van der Waals surface area contributed by atoms with Gasteiger partial charge in [-0.2, -0.15) is 0 Å². The van der Waals surface area contributed by atoms with Crippen LogP contribution in [0.2, 0.25) is 0 Å². The maximum Gasteiger partial charge on any atom is 0.226 e. The Morgan fingerprint density at radius 2 is 1.93 bits per heavy atom. The first-order chi connectivity index (χ1) is 13.8. The molecule has 1 atom stereocenters. The SMILES string of the molecule is O=C(C1CCN(c2ccncn2)CC1)N1Cc2cccnc2N2CCC[C@@H]2C1. The Morgan fingerprint density at radius 1 is 1.04 bits per heavy atom. The summed E-state index contributed by atoms with van der Waals surface area (Å²) in [5.74, 6) is 2.45. The van der Waals surface area contributed by atoms with Gasteiger partial charge in [-0.15, -0.1) is 0 Å². The zero-order chi connectivity index (χ0) is 18.9. The largest absolute Gasteiger partial charge is 0.356 e. The molecule has 146 valence electrons. The summed E-state index contributed by atoms with van der Waals surface area (Å²) in [5.41, 5.74) is 1.18. The van der Waals surface area contributed by atoms with Gasteiger partial charge in [0.15, 0.2) is 0 Å². The number of anilines is 2. The number of aromatic nitrogens is 3. The molecule has 2 fully saturated rings. The summed E-state index contributed by atoms with van der Waals surface area (Å²) in [7, 11) is 0. The Labute approximate surface area is 165 Å². The van der Waals surface area contributed by atoms with Crippen molar-refractivity contribution >= 4 is 17.5 Å². The van der Waals surface area contributed by atoms with Crippen LogP contribution in [0.3, 0.4) is 0 Å². The average molecular weight is 378 g/mol.